The molecule has 0 aliphatic carbocycles. The normalized spacial score (nSPS) is 11.7. The van der Waals surface area contributed by atoms with E-state index in [1.807, 2.05) is 26.0 Å². The van der Waals surface area contributed by atoms with Crippen molar-refractivity contribution in [1.82, 2.24) is 15.6 Å². The second-order valence-electron chi connectivity index (χ2n) is 4.05. The number of urea groups is 1. The summed E-state index contributed by atoms with van der Waals surface area (Å²) in [7, 11) is 0. The number of nitrogens with zero attached hydrogens (tertiary/aromatic N) is 1. The van der Waals surface area contributed by atoms with Crippen LogP contribution >= 0.6 is 0 Å². The second kappa shape index (κ2) is 7.53. The molecule has 1 heterocycles. The van der Waals surface area contributed by atoms with Gasteiger partial charge in [-0.1, -0.05) is 6.92 Å². The zero-order valence-electron chi connectivity index (χ0n) is 11.2. The van der Waals surface area contributed by atoms with Crippen LogP contribution in [0.25, 0.3) is 0 Å². The van der Waals surface area contributed by atoms with Gasteiger partial charge < -0.3 is 15.4 Å². The Morgan fingerprint density at radius 1 is 1.44 bits per heavy atom. The highest BCUT2D eigenvalue weighted by Gasteiger charge is 2.04. The molecule has 1 aromatic heterocycles. The molecular formula is C13H21N3O2. The first-order chi connectivity index (χ1) is 8.65. The molecule has 2 amide bonds. The zero-order chi connectivity index (χ0) is 13.4. The Balaban J connectivity index is 2.51. The summed E-state index contributed by atoms with van der Waals surface area (Å²) in [5.74, 6) is 0.597. The van der Waals surface area contributed by atoms with Crippen LogP contribution in [0.4, 0.5) is 4.79 Å². The van der Waals surface area contributed by atoms with Gasteiger partial charge in [0.05, 0.1) is 6.10 Å². The summed E-state index contributed by atoms with van der Waals surface area (Å²) >= 11 is 0. The van der Waals surface area contributed by atoms with E-state index in [2.05, 4.69) is 22.5 Å². The lowest BCUT2D eigenvalue weighted by Crippen LogP contribution is -2.34. The largest absolute Gasteiger partial charge is 0.475 e. The van der Waals surface area contributed by atoms with Crippen LogP contribution in [0.1, 0.15) is 32.8 Å². The SMILES string of the molecule is CCNC(=O)NCc1ccnc(O[C@@H](C)CC)c1. The number of hydrogen-bond acceptors (Lipinski definition) is 3. The van der Waals surface area contributed by atoms with Crippen LogP contribution in [0.2, 0.25) is 0 Å². The molecular weight excluding hydrogens is 230 g/mol. The molecule has 1 aromatic rings. The molecule has 5 nitrogen and oxygen atoms in total. The van der Waals surface area contributed by atoms with E-state index in [0.717, 1.165) is 12.0 Å². The number of ether oxygens (including phenoxy) is 1. The minimum Gasteiger partial charge on any atom is -0.475 e. The molecule has 100 valence electrons. The summed E-state index contributed by atoms with van der Waals surface area (Å²) in [5, 5.41) is 5.44. The van der Waals surface area contributed by atoms with Crippen molar-refractivity contribution in [2.75, 3.05) is 6.54 Å². The van der Waals surface area contributed by atoms with Crippen molar-refractivity contribution < 1.29 is 9.53 Å². The summed E-state index contributed by atoms with van der Waals surface area (Å²) in [6, 6.07) is 3.53. The molecule has 5 heteroatoms. The molecule has 0 saturated carbocycles. The van der Waals surface area contributed by atoms with Crippen molar-refractivity contribution in [3.63, 3.8) is 0 Å². The third-order valence-electron chi connectivity index (χ3n) is 2.49. The molecule has 0 aliphatic rings. The van der Waals surface area contributed by atoms with Crippen LogP contribution in [0, 0.1) is 0 Å². The van der Waals surface area contributed by atoms with E-state index in [1.165, 1.54) is 0 Å². The first-order valence-corrected chi connectivity index (χ1v) is 6.29. The predicted octanol–water partition coefficient (Wildman–Crippen LogP) is 2.08. The van der Waals surface area contributed by atoms with E-state index in [-0.39, 0.29) is 12.1 Å². The number of carbonyl (C=O) groups excluding carboxylic acids is 1. The quantitative estimate of drug-likeness (QED) is 0.813. The third kappa shape index (κ3) is 5.03. The monoisotopic (exact) mass is 251 g/mol. The molecule has 1 rings (SSSR count). The molecule has 2 N–H and O–H groups in total. The molecule has 1 atom stereocenters. The highest BCUT2D eigenvalue weighted by Crippen LogP contribution is 2.12. The molecule has 18 heavy (non-hydrogen) atoms. The molecule has 0 saturated heterocycles. The van der Waals surface area contributed by atoms with Crippen molar-refractivity contribution in [2.24, 2.45) is 0 Å². The van der Waals surface area contributed by atoms with Gasteiger partial charge in [0.2, 0.25) is 5.88 Å². The molecule has 0 aliphatic heterocycles. The fourth-order valence-corrected chi connectivity index (χ4v) is 1.32. The maximum absolute atomic E-state index is 11.3. The van der Waals surface area contributed by atoms with E-state index in [1.54, 1.807) is 6.20 Å². The number of carbonyl (C=O) groups is 1. The summed E-state index contributed by atoms with van der Waals surface area (Å²) in [4.78, 5) is 15.4. The summed E-state index contributed by atoms with van der Waals surface area (Å²) < 4.78 is 5.62. The van der Waals surface area contributed by atoms with Crippen LogP contribution in [0.15, 0.2) is 18.3 Å². The number of aromatic nitrogens is 1. The van der Waals surface area contributed by atoms with Gasteiger partial charge in [0.1, 0.15) is 0 Å². The van der Waals surface area contributed by atoms with Gasteiger partial charge in [-0.15, -0.1) is 0 Å². The highest BCUT2D eigenvalue weighted by atomic mass is 16.5. The Morgan fingerprint density at radius 2 is 2.22 bits per heavy atom. The van der Waals surface area contributed by atoms with Gasteiger partial charge in [0, 0.05) is 25.4 Å². The van der Waals surface area contributed by atoms with Crippen molar-refractivity contribution in [2.45, 2.75) is 39.8 Å². The number of rotatable bonds is 6. The lowest BCUT2D eigenvalue weighted by atomic mass is 10.2. The molecule has 0 unspecified atom stereocenters. The van der Waals surface area contributed by atoms with E-state index >= 15 is 0 Å². The van der Waals surface area contributed by atoms with Gasteiger partial charge in [-0.2, -0.15) is 0 Å². The lowest BCUT2D eigenvalue weighted by Gasteiger charge is -2.12. The number of pyridine rings is 1. The fraction of sp³-hybridized carbons (Fsp3) is 0.538. The van der Waals surface area contributed by atoms with Gasteiger partial charge in [0.15, 0.2) is 0 Å². The topological polar surface area (TPSA) is 63.2 Å². The van der Waals surface area contributed by atoms with Gasteiger partial charge in [-0.3, -0.25) is 0 Å². The Kier molecular flexibility index (Phi) is 5.97. The van der Waals surface area contributed by atoms with Crippen molar-refractivity contribution >= 4 is 6.03 Å². The van der Waals surface area contributed by atoms with Crippen molar-refractivity contribution in [1.29, 1.82) is 0 Å². The predicted molar refractivity (Wildman–Crippen MR) is 70.5 cm³/mol. The molecule has 0 radical (unpaired) electrons. The summed E-state index contributed by atoms with van der Waals surface area (Å²) in [6.45, 7) is 7.02. The lowest BCUT2D eigenvalue weighted by molar-refractivity contribution is 0.208. The van der Waals surface area contributed by atoms with E-state index in [0.29, 0.717) is 19.0 Å². The Hall–Kier alpha value is -1.78. The Bertz CT molecular complexity index is 382. The number of amides is 2. The van der Waals surface area contributed by atoms with Gasteiger partial charge in [-0.05, 0) is 31.9 Å². The minimum atomic E-state index is -0.168. The highest BCUT2D eigenvalue weighted by molar-refractivity contribution is 5.73. The maximum Gasteiger partial charge on any atom is 0.315 e. The second-order valence-corrected chi connectivity index (χ2v) is 4.05. The summed E-state index contributed by atoms with van der Waals surface area (Å²) in [6.07, 6.45) is 2.76. The van der Waals surface area contributed by atoms with Gasteiger partial charge >= 0.3 is 6.03 Å². The van der Waals surface area contributed by atoms with E-state index < -0.39 is 0 Å². The van der Waals surface area contributed by atoms with E-state index in [9.17, 15) is 4.79 Å². The average molecular weight is 251 g/mol. The van der Waals surface area contributed by atoms with Gasteiger partial charge in [-0.25, -0.2) is 9.78 Å². The van der Waals surface area contributed by atoms with Crippen molar-refractivity contribution in [3.05, 3.63) is 23.9 Å². The van der Waals surface area contributed by atoms with Crippen LogP contribution in [0.5, 0.6) is 5.88 Å². The Labute approximate surface area is 108 Å². The zero-order valence-corrected chi connectivity index (χ0v) is 11.2. The molecule has 0 spiro atoms. The number of hydrogen-bond donors (Lipinski definition) is 2. The standard InChI is InChI=1S/C13H21N3O2/c1-4-10(3)18-12-8-11(6-7-15-12)9-16-13(17)14-5-2/h6-8,10H,4-5,9H2,1-3H3,(H2,14,16,17)/t10-/m0/s1. The maximum atomic E-state index is 11.3. The third-order valence-corrected chi connectivity index (χ3v) is 2.49. The van der Waals surface area contributed by atoms with Crippen LogP contribution in [-0.2, 0) is 6.54 Å². The van der Waals surface area contributed by atoms with Crippen LogP contribution in [0.3, 0.4) is 0 Å². The minimum absolute atomic E-state index is 0.143. The summed E-state index contributed by atoms with van der Waals surface area (Å²) in [5.41, 5.74) is 0.967. The average Bonchev–Trinajstić information content (AvgIpc) is 2.37. The molecule has 0 fully saturated rings. The van der Waals surface area contributed by atoms with Crippen LogP contribution < -0.4 is 15.4 Å². The molecule has 0 bridgehead atoms. The van der Waals surface area contributed by atoms with Gasteiger partial charge in [0.25, 0.3) is 0 Å². The first kappa shape index (κ1) is 14.3. The Morgan fingerprint density at radius 3 is 2.89 bits per heavy atom. The van der Waals surface area contributed by atoms with E-state index in [4.69, 9.17) is 4.74 Å². The van der Waals surface area contributed by atoms with Crippen LogP contribution in [-0.4, -0.2) is 23.7 Å². The van der Waals surface area contributed by atoms with Crippen molar-refractivity contribution in [3.8, 4) is 5.88 Å². The molecule has 0 aromatic carbocycles. The number of nitrogens with one attached hydrogen (secondary N) is 2. The smallest absolute Gasteiger partial charge is 0.315 e. The fourth-order valence-electron chi connectivity index (χ4n) is 1.32. The first-order valence-electron chi connectivity index (χ1n) is 6.29.